The van der Waals surface area contributed by atoms with Gasteiger partial charge in [-0.15, -0.1) is 6.42 Å². The van der Waals surface area contributed by atoms with Gasteiger partial charge in [0.15, 0.2) is 5.60 Å². The van der Waals surface area contributed by atoms with E-state index in [0.717, 1.165) is 0 Å². The molecule has 0 amide bonds. The summed E-state index contributed by atoms with van der Waals surface area (Å²) in [5, 5.41) is 9.51. The number of hydrogen-bond acceptors (Lipinski definition) is 3. The van der Waals surface area contributed by atoms with Crippen LogP contribution in [0, 0.1) is 12.3 Å². The molecule has 0 aromatic heterocycles. The van der Waals surface area contributed by atoms with Crippen LogP contribution < -0.4 is 0 Å². The highest BCUT2D eigenvalue weighted by molar-refractivity contribution is 5.07. The van der Waals surface area contributed by atoms with Gasteiger partial charge in [-0.05, 0) is 0 Å². The zero-order valence-corrected chi connectivity index (χ0v) is 6.96. The van der Waals surface area contributed by atoms with Crippen molar-refractivity contribution < 1.29 is 14.6 Å². The molecule has 0 aromatic carbocycles. The summed E-state index contributed by atoms with van der Waals surface area (Å²) in [5.74, 6) is 2.26. The molecule has 0 rings (SSSR count). The van der Waals surface area contributed by atoms with Crippen molar-refractivity contribution in [2.75, 3.05) is 27.4 Å². The zero-order chi connectivity index (χ0) is 8.74. The van der Waals surface area contributed by atoms with E-state index in [0.29, 0.717) is 13.0 Å². The fraction of sp³-hybridized carbons (Fsp3) is 0.750. The lowest BCUT2D eigenvalue weighted by molar-refractivity contribution is -0.00731. The van der Waals surface area contributed by atoms with E-state index in [1.807, 2.05) is 0 Å². The average Bonchev–Trinajstić information content (AvgIpc) is 2.02. The molecule has 64 valence electrons. The van der Waals surface area contributed by atoms with Gasteiger partial charge in [0.05, 0.1) is 6.61 Å². The smallest absolute Gasteiger partial charge is 0.150 e. The van der Waals surface area contributed by atoms with Gasteiger partial charge in [-0.2, -0.15) is 0 Å². The van der Waals surface area contributed by atoms with Crippen molar-refractivity contribution in [1.29, 1.82) is 0 Å². The van der Waals surface area contributed by atoms with Crippen molar-refractivity contribution in [3.8, 4) is 12.3 Å². The standard InChI is InChI=1S/C8H14O3/c1-4-8(9,7-11-3)5-6-10-2/h1,9H,5-7H2,2-3H3. The van der Waals surface area contributed by atoms with E-state index >= 15 is 0 Å². The molecule has 0 aliphatic heterocycles. The topological polar surface area (TPSA) is 38.7 Å². The predicted octanol–water partition coefficient (Wildman–Crippen LogP) is 0.0336. The van der Waals surface area contributed by atoms with Crippen LogP contribution in [-0.4, -0.2) is 38.1 Å². The van der Waals surface area contributed by atoms with E-state index < -0.39 is 5.60 Å². The largest absolute Gasteiger partial charge is 0.385 e. The zero-order valence-electron chi connectivity index (χ0n) is 6.96. The van der Waals surface area contributed by atoms with E-state index in [2.05, 4.69) is 5.92 Å². The van der Waals surface area contributed by atoms with Crippen LogP contribution in [0.1, 0.15) is 6.42 Å². The second-order valence-electron chi connectivity index (χ2n) is 2.35. The molecule has 0 saturated heterocycles. The van der Waals surface area contributed by atoms with Crippen LogP contribution in [0.25, 0.3) is 0 Å². The van der Waals surface area contributed by atoms with Crippen molar-refractivity contribution in [1.82, 2.24) is 0 Å². The van der Waals surface area contributed by atoms with Crippen LogP contribution in [0.15, 0.2) is 0 Å². The minimum Gasteiger partial charge on any atom is -0.385 e. The number of hydrogen-bond donors (Lipinski definition) is 1. The van der Waals surface area contributed by atoms with E-state index in [1.54, 1.807) is 7.11 Å². The summed E-state index contributed by atoms with van der Waals surface area (Å²) in [4.78, 5) is 0. The molecule has 0 saturated carbocycles. The van der Waals surface area contributed by atoms with Crippen LogP contribution >= 0.6 is 0 Å². The number of terminal acetylenes is 1. The van der Waals surface area contributed by atoms with Gasteiger partial charge < -0.3 is 14.6 Å². The summed E-state index contributed by atoms with van der Waals surface area (Å²) in [6, 6.07) is 0. The van der Waals surface area contributed by atoms with Crippen LogP contribution in [0.2, 0.25) is 0 Å². The molecule has 0 aromatic rings. The molecule has 1 N–H and O–H groups in total. The Hall–Kier alpha value is -0.560. The van der Waals surface area contributed by atoms with Crippen LogP contribution in [0.4, 0.5) is 0 Å². The lowest BCUT2D eigenvalue weighted by Gasteiger charge is -2.20. The van der Waals surface area contributed by atoms with Gasteiger partial charge in [0.2, 0.25) is 0 Å². The third-order valence-electron chi connectivity index (χ3n) is 1.37. The van der Waals surface area contributed by atoms with Gasteiger partial charge in [-0.1, -0.05) is 5.92 Å². The fourth-order valence-corrected chi connectivity index (χ4v) is 0.696. The normalized spacial score (nSPS) is 15.5. The molecular weight excluding hydrogens is 144 g/mol. The minimum absolute atomic E-state index is 0.146. The highest BCUT2D eigenvalue weighted by atomic mass is 16.5. The Morgan fingerprint density at radius 3 is 2.45 bits per heavy atom. The maximum Gasteiger partial charge on any atom is 0.150 e. The first-order chi connectivity index (χ1) is 5.18. The average molecular weight is 158 g/mol. The van der Waals surface area contributed by atoms with Gasteiger partial charge in [0.1, 0.15) is 0 Å². The molecule has 1 atom stereocenters. The van der Waals surface area contributed by atoms with E-state index in [1.165, 1.54) is 7.11 Å². The molecule has 0 heterocycles. The number of aliphatic hydroxyl groups is 1. The van der Waals surface area contributed by atoms with Gasteiger partial charge in [-0.25, -0.2) is 0 Å². The highest BCUT2D eigenvalue weighted by Crippen LogP contribution is 2.08. The third-order valence-corrected chi connectivity index (χ3v) is 1.37. The molecule has 3 nitrogen and oxygen atoms in total. The quantitative estimate of drug-likeness (QED) is 0.574. The minimum atomic E-state index is -1.18. The Kier molecular flexibility index (Phi) is 4.88. The van der Waals surface area contributed by atoms with Gasteiger partial charge in [-0.3, -0.25) is 0 Å². The van der Waals surface area contributed by atoms with Crippen molar-refractivity contribution in [2.45, 2.75) is 12.0 Å². The fourth-order valence-electron chi connectivity index (χ4n) is 0.696. The van der Waals surface area contributed by atoms with Crippen LogP contribution in [0.3, 0.4) is 0 Å². The summed E-state index contributed by atoms with van der Waals surface area (Å²) in [7, 11) is 3.05. The molecule has 0 aliphatic rings. The second kappa shape index (κ2) is 5.14. The summed E-state index contributed by atoms with van der Waals surface area (Å²) >= 11 is 0. The van der Waals surface area contributed by atoms with Crippen molar-refractivity contribution in [3.05, 3.63) is 0 Å². The summed E-state index contributed by atoms with van der Waals surface area (Å²) < 4.78 is 9.52. The molecule has 0 bridgehead atoms. The summed E-state index contributed by atoms with van der Waals surface area (Å²) in [6.07, 6.45) is 5.49. The van der Waals surface area contributed by atoms with Gasteiger partial charge in [0, 0.05) is 27.2 Å². The van der Waals surface area contributed by atoms with Gasteiger partial charge in [0.25, 0.3) is 0 Å². The number of ether oxygens (including phenoxy) is 2. The molecule has 0 radical (unpaired) electrons. The molecule has 3 heteroatoms. The number of methoxy groups -OCH3 is 2. The first-order valence-corrected chi connectivity index (χ1v) is 3.36. The Morgan fingerprint density at radius 1 is 1.45 bits per heavy atom. The Bertz CT molecular complexity index is 139. The van der Waals surface area contributed by atoms with Crippen molar-refractivity contribution in [2.24, 2.45) is 0 Å². The van der Waals surface area contributed by atoms with Crippen LogP contribution in [-0.2, 0) is 9.47 Å². The molecular formula is C8H14O3. The first kappa shape index (κ1) is 10.4. The van der Waals surface area contributed by atoms with Crippen molar-refractivity contribution in [3.63, 3.8) is 0 Å². The summed E-state index contributed by atoms with van der Waals surface area (Å²) in [5.41, 5.74) is -1.18. The first-order valence-electron chi connectivity index (χ1n) is 3.36. The van der Waals surface area contributed by atoms with E-state index in [4.69, 9.17) is 15.9 Å². The highest BCUT2D eigenvalue weighted by Gasteiger charge is 2.22. The summed E-state index contributed by atoms with van der Waals surface area (Å²) in [6.45, 7) is 0.580. The third kappa shape index (κ3) is 3.99. The SMILES string of the molecule is C#CC(O)(CCOC)COC. The lowest BCUT2D eigenvalue weighted by atomic mass is 10.0. The molecule has 0 spiro atoms. The Labute approximate surface area is 67.3 Å². The maximum atomic E-state index is 9.51. The Morgan fingerprint density at radius 2 is 2.09 bits per heavy atom. The maximum absolute atomic E-state index is 9.51. The van der Waals surface area contributed by atoms with E-state index in [9.17, 15) is 5.11 Å². The molecule has 0 fully saturated rings. The van der Waals surface area contributed by atoms with Gasteiger partial charge >= 0.3 is 0 Å². The monoisotopic (exact) mass is 158 g/mol. The van der Waals surface area contributed by atoms with E-state index in [-0.39, 0.29) is 6.61 Å². The molecule has 1 unspecified atom stereocenters. The van der Waals surface area contributed by atoms with Crippen LogP contribution in [0.5, 0.6) is 0 Å². The molecule has 0 aliphatic carbocycles. The Balaban J connectivity index is 3.81. The molecule has 11 heavy (non-hydrogen) atoms. The number of rotatable bonds is 5. The second-order valence-corrected chi connectivity index (χ2v) is 2.35. The lowest BCUT2D eigenvalue weighted by Crippen LogP contribution is -2.33. The predicted molar refractivity (Wildman–Crippen MR) is 42.2 cm³/mol. The van der Waals surface area contributed by atoms with Crippen molar-refractivity contribution >= 4 is 0 Å².